The maximum atomic E-state index is 11.2. The highest BCUT2D eigenvalue weighted by Crippen LogP contribution is 2.13. The van der Waals surface area contributed by atoms with Crippen molar-refractivity contribution in [3.8, 4) is 0 Å². The van der Waals surface area contributed by atoms with Crippen molar-refractivity contribution < 1.29 is 9.59 Å². The molecular weight excluding hydrogens is 154 g/mol. The summed E-state index contributed by atoms with van der Waals surface area (Å²) in [4.78, 5) is 23.8. The van der Waals surface area contributed by atoms with Crippen LogP contribution in [0.15, 0.2) is 0 Å². The van der Waals surface area contributed by atoms with Gasteiger partial charge in [0.05, 0.1) is 0 Å². The van der Waals surface area contributed by atoms with Crippen molar-refractivity contribution in [1.82, 2.24) is 4.90 Å². The molecule has 0 saturated carbocycles. The Morgan fingerprint density at radius 3 is 2.58 bits per heavy atom. The van der Waals surface area contributed by atoms with E-state index in [-0.39, 0.29) is 17.7 Å². The van der Waals surface area contributed by atoms with Crippen LogP contribution >= 0.6 is 0 Å². The van der Waals surface area contributed by atoms with Gasteiger partial charge < -0.3 is 4.90 Å². The maximum Gasteiger partial charge on any atom is 0.290 e. The van der Waals surface area contributed by atoms with E-state index in [1.807, 2.05) is 6.92 Å². The van der Waals surface area contributed by atoms with Gasteiger partial charge in [0.1, 0.15) is 0 Å². The molecule has 3 heteroatoms. The second-order valence-electron chi connectivity index (χ2n) is 3.31. The summed E-state index contributed by atoms with van der Waals surface area (Å²) >= 11 is 0. The predicted molar refractivity (Wildman–Crippen MR) is 45.7 cm³/mol. The normalized spacial score (nSPS) is 20.3. The Morgan fingerprint density at radius 2 is 2.17 bits per heavy atom. The highest BCUT2D eigenvalue weighted by molar-refractivity contribution is 6.37. The lowest BCUT2D eigenvalue weighted by atomic mass is 10.2. The SMILES string of the molecule is CCCC(C)N1CCC(=O)C1=O. The summed E-state index contributed by atoms with van der Waals surface area (Å²) in [7, 11) is 0. The summed E-state index contributed by atoms with van der Waals surface area (Å²) < 4.78 is 0. The Morgan fingerprint density at radius 1 is 1.50 bits per heavy atom. The smallest absolute Gasteiger partial charge is 0.290 e. The van der Waals surface area contributed by atoms with Crippen molar-refractivity contribution in [3.05, 3.63) is 0 Å². The summed E-state index contributed by atoms with van der Waals surface area (Å²) in [5.74, 6) is -0.506. The largest absolute Gasteiger partial charge is 0.333 e. The number of likely N-dealkylation sites (tertiary alicyclic amines) is 1. The number of carbonyl (C=O) groups excluding carboxylic acids is 2. The van der Waals surface area contributed by atoms with Gasteiger partial charge >= 0.3 is 0 Å². The molecule has 1 fully saturated rings. The molecule has 0 aromatic heterocycles. The van der Waals surface area contributed by atoms with Crippen LogP contribution < -0.4 is 0 Å². The molecule has 1 amide bonds. The molecule has 1 aliphatic rings. The van der Waals surface area contributed by atoms with E-state index in [0.717, 1.165) is 12.8 Å². The molecule has 0 bridgehead atoms. The average Bonchev–Trinajstić information content (AvgIpc) is 2.34. The van der Waals surface area contributed by atoms with Gasteiger partial charge in [-0.25, -0.2) is 0 Å². The molecule has 0 aliphatic carbocycles. The van der Waals surface area contributed by atoms with Crippen LogP contribution in [-0.4, -0.2) is 29.2 Å². The van der Waals surface area contributed by atoms with E-state index in [2.05, 4.69) is 6.92 Å². The molecule has 12 heavy (non-hydrogen) atoms. The van der Waals surface area contributed by atoms with Crippen molar-refractivity contribution in [3.63, 3.8) is 0 Å². The first-order valence-corrected chi connectivity index (χ1v) is 4.50. The summed E-state index contributed by atoms with van der Waals surface area (Å²) in [6.45, 7) is 4.71. The molecule has 0 aromatic rings. The fourth-order valence-electron chi connectivity index (χ4n) is 1.58. The minimum atomic E-state index is -0.282. The molecule has 1 aliphatic heterocycles. The number of Topliss-reactive ketones (excluding diaryl/α,β-unsaturated/α-hetero) is 1. The molecular formula is C9H15NO2. The first-order valence-electron chi connectivity index (χ1n) is 4.50. The molecule has 1 saturated heterocycles. The van der Waals surface area contributed by atoms with Crippen LogP contribution in [0.4, 0.5) is 0 Å². The maximum absolute atomic E-state index is 11.2. The molecule has 0 N–H and O–H groups in total. The van der Waals surface area contributed by atoms with E-state index < -0.39 is 0 Å². The molecule has 0 spiro atoms. The van der Waals surface area contributed by atoms with Crippen LogP contribution in [0.1, 0.15) is 33.1 Å². The van der Waals surface area contributed by atoms with Crippen molar-refractivity contribution >= 4 is 11.7 Å². The Labute approximate surface area is 72.7 Å². The monoisotopic (exact) mass is 169 g/mol. The van der Waals surface area contributed by atoms with Gasteiger partial charge in [-0.3, -0.25) is 9.59 Å². The lowest BCUT2D eigenvalue weighted by molar-refractivity contribution is -0.141. The third-order valence-corrected chi connectivity index (χ3v) is 2.32. The molecule has 3 nitrogen and oxygen atoms in total. The lowest BCUT2D eigenvalue weighted by Gasteiger charge is -2.22. The van der Waals surface area contributed by atoms with Crippen LogP contribution in [-0.2, 0) is 9.59 Å². The zero-order valence-corrected chi connectivity index (χ0v) is 7.67. The molecule has 0 radical (unpaired) electrons. The van der Waals surface area contributed by atoms with Gasteiger partial charge in [0.2, 0.25) is 5.78 Å². The van der Waals surface area contributed by atoms with Gasteiger partial charge in [-0.1, -0.05) is 13.3 Å². The molecule has 0 aromatic carbocycles. The van der Waals surface area contributed by atoms with Crippen LogP contribution in [0.2, 0.25) is 0 Å². The molecule has 1 atom stereocenters. The van der Waals surface area contributed by atoms with Gasteiger partial charge in [0.25, 0.3) is 5.91 Å². The molecule has 1 rings (SSSR count). The summed E-state index contributed by atoms with van der Waals surface area (Å²) in [5.41, 5.74) is 0. The van der Waals surface area contributed by atoms with Gasteiger partial charge in [0.15, 0.2) is 0 Å². The van der Waals surface area contributed by atoms with Crippen molar-refractivity contribution in [2.45, 2.75) is 39.2 Å². The van der Waals surface area contributed by atoms with Gasteiger partial charge in [-0.05, 0) is 13.3 Å². The molecule has 68 valence electrons. The Kier molecular flexibility index (Phi) is 2.84. The van der Waals surface area contributed by atoms with Gasteiger partial charge in [-0.15, -0.1) is 0 Å². The second-order valence-corrected chi connectivity index (χ2v) is 3.31. The third kappa shape index (κ3) is 1.65. The number of hydrogen-bond donors (Lipinski definition) is 0. The molecule has 1 unspecified atom stereocenters. The summed E-state index contributed by atoms with van der Waals surface area (Å²) in [6.07, 6.45) is 2.45. The van der Waals surface area contributed by atoms with E-state index in [1.165, 1.54) is 0 Å². The second kappa shape index (κ2) is 3.70. The van der Waals surface area contributed by atoms with E-state index in [1.54, 1.807) is 4.90 Å². The van der Waals surface area contributed by atoms with Crippen LogP contribution in [0, 0.1) is 0 Å². The molecule has 1 heterocycles. The minimum Gasteiger partial charge on any atom is -0.333 e. The van der Waals surface area contributed by atoms with E-state index >= 15 is 0 Å². The average molecular weight is 169 g/mol. The highest BCUT2D eigenvalue weighted by Gasteiger charge is 2.31. The number of ketones is 1. The van der Waals surface area contributed by atoms with Gasteiger partial charge in [-0.2, -0.15) is 0 Å². The first kappa shape index (κ1) is 9.23. The zero-order chi connectivity index (χ0) is 9.14. The Hall–Kier alpha value is -0.860. The topological polar surface area (TPSA) is 37.4 Å². The lowest BCUT2D eigenvalue weighted by Crippen LogP contribution is -2.35. The standard InChI is InChI=1S/C9H15NO2/c1-3-4-7(2)10-6-5-8(11)9(10)12/h7H,3-6H2,1-2H3. The van der Waals surface area contributed by atoms with Crippen LogP contribution in [0.3, 0.4) is 0 Å². The number of amides is 1. The first-order chi connectivity index (χ1) is 5.66. The highest BCUT2D eigenvalue weighted by atomic mass is 16.2. The predicted octanol–water partition coefficient (Wildman–Crippen LogP) is 0.976. The number of nitrogens with zero attached hydrogens (tertiary/aromatic N) is 1. The third-order valence-electron chi connectivity index (χ3n) is 2.32. The quantitative estimate of drug-likeness (QED) is 0.590. The fraction of sp³-hybridized carbons (Fsp3) is 0.778. The van der Waals surface area contributed by atoms with Crippen molar-refractivity contribution in [2.75, 3.05) is 6.54 Å². The van der Waals surface area contributed by atoms with Crippen LogP contribution in [0.25, 0.3) is 0 Å². The van der Waals surface area contributed by atoms with E-state index in [4.69, 9.17) is 0 Å². The fourth-order valence-corrected chi connectivity index (χ4v) is 1.58. The van der Waals surface area contributed by atoms with E-state index in [0.29, 0.717) is 13.0 Å². The number of hydrogen-bond acceptors (Lipinski definition) is 2. The number of carbonyl (C=O) groups is 2. The zero-order valence-electron chi connectivity index (χ0n) is 7.67. The van der Waals surface area contributed by atoms with Crippen LogP contribution in [0.5, 0.6) is 0 Å². The van der Waals surface area contributed by atoms with E-state index in [9.17, 15) is 9.59 Å². The minimum absolute atomic E-state index is 0.224. The number of rotatable bonds is 3. The Balaban J connectivity index is 2.53. The van der Waals surface area contributed by atoms with Crippen molar-refractivity contribution in [1.29, 1.82) is 0 Å². The van der Waals surface area contributed by atoms with Crippen molar-refractivity contribution in [2.24, 2.45) is 0 Å². The summed E-state index contributed by atoms with van der Waals surface area (Å²) in [5, 5.41) is 0. The van der Waals surface area contributed by atoms with Gasteiger partial charge in [0, 0.05) is 19.0 Å². The summed E-state index contributed by atoms with van der Waals surface area (Å²) in [6, 6.07) is 0.231. The Bertz CT molecular complexity index is 201.